The van der Waals surface area contributed by atoms with Gasteiger partial charge in [0.15, 0.2) is 5.82 Å². The number of hydrogen-bond acceptors (Lipinski definition) is 6. The van der Waals surface area contributed by atoms with Crippen molar-refractivity contribution in [2.24, 2.45) is 5.11 Å². The topological polar surface area (TPSA) is 124 Å². The average molecular weight is 468 g/mol. The lowest BCUT2D eigenvalue weighted by Crippen LogP contribution is -2.18. The third-order valence-electron chi connectivity index (χ3n) is 5.26. The molecule has 0 aliphatic heterocycles. The van der Waals surface area contributed by atoms with Crippen LogP contribution in [0.1, 0.15) is 18.5 Å². The first-order valence-electron chi connectivity index (χ1n) is 10.5. The minimum Gasteiger partial charge on any atom is -0.493 e. The Kier molecular flexibility index (Phi) is 8.32. The summed E-state index contributed by atoms with van der Waals surface area (Å²) >= 11 is 0. The smallest absolute Gasteiger partial charge is 0.152 e. The number of fused-ring (bicyclic) bond motifs is 3. The first-order chi connectivity index (χ1) is 15.7. The fourth-order valence-electron chi connectivity index (χ4n) is 3.78. The normalized spacial score (nSPS) is 11.7. The second-order valence-electron chi connectivity index (χ2n) is 7.33. The minimum absolute atomic E-state index is 0. The summed E-state index contributed by atoms with van der Waals surface area (Å²) in [4.78, 5) is 11.8. The monoisotopic (exact) mass is 467 g/mol. The lowest BCUT2D eigenvalue weighted by atomic mass is 10.1. The summed E-state index contributed by atoms with van der Waals surface area (Å²) in [6.07, 6.45) is 2.58. The van der Waals surface area contributed by atoms with Gasteiger partial charge in [-0.1, -0.05) is 35.4 Å². The standard InChI is InChI=1S/C23H25N7O2.ClH/c1-2-31-14-17(13-16-7-9-18(10-8-16)32-12-11-27-29-25)30-15-26-21-22(30)19-5-3-4-6-20(19)28-23(21)24;/h3-10,15,17H,2,11-14H2,1H3,(H2,24,28);1H. The molecule has 2 aromatic carbocycles. The number of nitrogen functional groups attached to an aromatic ring is 1. The van der Waals surface area contributed by atoms with Crippen LogP contribution in [0.15, 0.2) is 60.0 Å². The fourth-order valence-corrected chi connectivity index (χ4v) is 3.78. The molecule has 0 saturated carbocycles. The van der Waals surface area contributed by atoms with Crippen LogP contribution in [-0.4, -0.2) is 40.9 Å². The van der Waals surface area contributed by atoms with Crippen molar-refractivity contribution in [3.05, 3.63) is 70.9 Å². The molecule has 33 heavy (non-hydrogen) atoms. The first-order valence-corrected chi connectivity index (χ1v) is 10.5. The Hall–Kier alpha value is -3.52. The van der Waals surface area contributed by atoms with E-state index in [9.17, 15) is 0 Å². The van der Waals surface area contributed by atoms with Gasteiger partial charge in [-0.15, -0.1) is 12.4 Å². The lowest BCUT2D eigenvalue weighted by molar-refractivity contribution is 0.114. The van der Waals surface area contributed by atoms with E-state index in [1.54, 1.807) is 0 Å². The highest BCUT2D eigenvalue weighted by molar-refractivity contribution is 6.06. The van der Waals surface area contributed by atoms with Crippen LogP contribution in [0.2, 0.25) is 0 Å². The Balaban J connectivity index is 0.00000306. The Morgan fingerprint density at radius 1 is 1.18 bits per heavy atom. The Morgan fingerprint density at radius 2 is 1.97 bits per heavy atom. The van der Waals surface area contributed by atoms with Crippen LogP contribution in [0.3, 0.4) is 0 Å². The first kappa shape index (κ1) is 24.1. The maximum atomic E-state index is 8.34. The maximum Gasteiger partial charge on any atom is 0.152 e. The Bertz CT molecular complexity index is 1250. The van der Waals surface area contributed by atoms with E-state index >= 15 is 0 Å². The van der Waals surface area contributed by atoms with Gasteiger partial charge in [0, 0.05) is 16.9 Å². The molecule has 0 saturated heterocycles. The van der Waals surface area contributed by atoms with Crippen molar-refractivity contribution < 1.29 is 9.47 Å². The molecule has 1 unspecified atom stereocenters. The maximum absolute atomic E-state index is 8.34. The number of nitrogens with two attached hydrogens (primary N) is 1. The number of ether oxygens (including phenoxy) is 2. The van der Waals surface area contributed by atoms with Crippen molar-refractivity contribution in [2.45, 2.75) is 19.4 Å². The molecule has 0 fully saturated rings. The summed E-state index contributed by atoms with van der Waals surface area (Å²) in [6, 6.07) is 15.9. The molecular weight excluding hydrogens is 442 g/mol. The number of rotatable bonds is 10. The largest absolute Gasteiger partial charge is 0.493 e. The van der Waals surface area contributed by atoms with Gasteiger partial charge in [-0.2, -0.15) is 0 Å². The third kappa shape index (κ3) is 5.46. The van der Waals surface area contributed by atoms with Crippen LogP contribution in [0.4, 0.5) is 5.82 Å². The highest BCUT2D eigenvalue weighted by Gasteiger charge is 2.19. The van der Waals surface area contributed by atoms with Gasteiger partial charge in [0.2, 0.25) is 0 Å². The van der Waals surface area contributed by atoms with Crippen molar-refractivity contribution in [3.8, 4) is 5.75 Å². The lowest BCUT2D eigenvalue weighted by Gasteiger charge is -2.20. The molecule has 1 atom stereocenters. The molecular formula is C23H26ClN7O2. The summed E-state index contributed by atoms with van der Waals surface area (Å²) in [5.41, 5.74) is 18.2. The van der Waals surface area contributed by atoms with E-state index in [0.29, 0.717) is 37.7 Å². The van der Waals surface area contributed by atoms with Gasteiger partial charge in [0.1, 0.15) is 11.3 Å². The quantitative estimate of drug-likeness (QED) is 0.150. The minimum atomic E-state index is 0. The van der Waals surface area contributed by atoms with Crippen LogP contribution in [-0.2, 0) is 11.2 Å². The highest BCUT2D eigenvalue weighted by Crippen LogP contribution is 2.30. The summed E-state index contributed by atoms with van der Waals surface area (Å²) in [5.74, 6) is 1.16. The van der Waals surface area contributed by atoms with Crippen molar-refractivity contribution in [3.63, 3.8) is 0 Å². The number of anilines is 1. The van der Waals surface area contributed by atoms with Crippen LogP contribution < -0.4 is 10.5 Å². The zero-order valence-electron chi connectivity index (χ0n) is 18.3. The number of para-hydroxylation sites is 1. The summed E-state index contributed by atoms with van der Waals surface area (Å²) in [6.45, 7) is 3.81. The molecule has 0 aliphatic rings. The molecule has 2 heterocycles. The van der Waals surface area contributed by atoms with E-state index in [1.165, 1.54) is 0 Å². The second kappa shape index (κ2) is 11.4. The van der Waals surface area contributed by atoms with Crippen LogP contribution in [0.5, 0.6) is 5.75 Å². The summed E-state index contributed by atoms with van der Waals surface area (Å²) in [7, 11) is 0. The van der Waals surface area contributed by atoms with Crippen molar-refractivity contribution in [1.82, 2.24) is 14.5 Å². The van der Waals surface area contributed by atoms with E-state index in [0.717, 1.165) is 34.2 Å². The molecule has 4 rings (SSSR count). The van der Waals surface area contributed by atoms with Crippen LogP contribution >= 0.6 is 12.4 Å². The molecule has 9 nitrogen and oxygen atoms in total. The van der Waals surface area contributed by atoms with Gasteiger partial charge < -0.3 is 19.8 Å². The number of aromatic nitrogens is 3. The molecule has 172 valence electrons. The SMILES string of the molecule is CCOCC(Cc1ccc(OCCN=[N+]=[N-])cc1)n1cnc2c(N)nc3ccccc3c21.Cl. The van der Waals surface area contributed by atoms with E-state index < -0.39 is 0 Å². The van der Waals surface area contributed by atoms with E-state index in [-0.39, 0.29) is 18.4 Å². The number of benzene rings is 2. The number of pyridine rings is 1. The van der Waals surface area contributed by atoms with Crippen LogP contribution in [0.25, 0.3) is 32.4 Å². The van der Waals surface area contributed by atoms with E-state index in [1.807, 2.05) is 61.8 Å². The van der Waals surface area contributed by atoms with Gasteiger partial charge in [0.05, 0.1) is 43.2 Å². The Labute approximate surface area is 197 Å². The van der Waals surface area contributed by atoms with Crippen molar-refractivity contribution in [1.29, 1.82) is 0 Å². The number of hydrogen-bond donors (Lipinski definition) is 1. The summed E-state index contributed by atoms with van der Waals surface area (Å²) < 4.78 is 13.6. The van der Waals surface area contributed by atoms with E-state index in [4.69, 9.17) is 20.7 Å². The third-order valence-corrected chi connectivity index (χ3v) is 5.26. The molecule has 10 heteroatoms. The molecule has 0 spiro atoms. The zero-order valence-corrected chi connectivity index (χ0v) is 19.1. The number of imidazole rings is 1. The molecule has 0 radical (unpaired) electrons. The van der Waals surface area contributed by atoms with Gasteiger partial charge in [-0.25, -0.2) is 9.97 Å². The number of halogens is 1. The molecule has 2 N–H and O–H groups in total. The number of nitrogens with zero attached hydrogens (tertiary/aromatic N) is 6. The average Bonchev–Trinajstić information content (AvgIpc) is 3.27. The number of azide groups is 1. The molecule has 0 bridgehead atoms. The predicted molar refractivity (Wildman–Crippen MR) is 132 cm³/mol. The van der Waals surface area contributed by atoms with E-state index in [2.05, 4.69) is 24.6 Å². The zero-order chi connectivity index (χ0) is 22.3. The van der Waals surface area contributed by atoms with Gasteiger partial charge in [-0.3, -0.25) is 0 Å². The van der Waals surface area contributed by atoms with Gasteiger partial charge in [-0.05, 0) is 42.6 Å². The van der Waals surface area contributed by atoms with Crippen molar-refractivity contribution >= 4 is 40.2 Å². The molecule has 0 aliphatic carbocycles. The molecule has 0 amide bonds. The van der Waals surface area contributed by atoms with Crippen LogP contribution in [0, 0.1) is 0 Å². The van der Waals surface area contributed by atoms with Gasteiger partial charge in [0.25, 0.3) is 0 Å². The molecule has 4 aromatic rings. The summed E-state index contributed by atoms with van der Waals surface area (Å²) in [5, 5.41) is 4.49. The fraction of sp³-hybridized carbons (Fsp3) is 0.304. The Morgan fingerprint density at radius 3 is 2.73 bits per heavy atom. The highest BCUT2D eigenvalue weighted by atomic mass is 35.5. The predicted octanol–water partition coefficient (Wildman–Crippen LogP) is 5.10. The molecule has 2 aromatic heterocycles. The van der Waals surface area contributed by atoms with Gasteiger partial charge >= 0.3 is 0 Å². The van der Waals surface area contributed by atoms with Crippen molar-refractivity contribution in [2.75, 3.05) is 32.1 Å². The second-order valence-corrected chi connectivity index (χ2v) is 7.33.